The van der Waals surface area contributed by atoms with Crippen molar-refractivity contribution in [2.75, 3.05) is 41.0 Å². The fraction of sp³-hybridized carbons (Fsp3) is 0.846. The van der Waals surface area contributed by atoms with Gasteiger partial charge in [-0.05, 0) is 39.2 Å². The summed E-state index contributed by atoms with van der Waals surface area (Å²) in [7, 11) is 2.85. The van der Waals surface area contributed by atoms with E-state index in [-0.39, 0.29) is 19.1 Å². The zero-order valence-electron chi connectivity index (χ0n) is 22.6. The minimum atomic E-state index is -1.59. The number of likely N-dealkylation sites (N-methyl/N-ethyl adjacent to an activating group) is 1. The third-order valence-electron chi connectivity index (χ3n) is 5.62. The van der Waals surface area contributed by atoms with Gasteiger partial charge in [-0.25, -0.2) is 0 Å². The fourth-order valence-corrected chi connectivity index (χ4v) is 4.24. The molecule has 35 heavy (non-hydrogen) atoms. The van der Waals surface area contributed by atoms with E-state index in [0.717, 1.165) is 12.8 Å². The molecule has 0 aromatic heterocycles. The molecule has 2 N–H and O–H groups in total. The number of carbonyl (C=O) groups is 2. The van der Waals surface area contributed by atoms with Gasteiger partial charge in [0, 0.05) is 20.1 Å². The molecule has 0 fully saturated rings. The number of nitrogens with one attached hydrogen (secondary N) is 2. The Labute approximate surface area is 215 Å². The van der Waals surface area contributed by atoms with Crippen LogP contribution < -0.4 is 10.6 Å². The van der Waals surface area contributed by atoms with Crippen LogP contribution in [0.4, 0.5) is 0 Å². The number of unbranched alkanes of at least 4 members (excludes halogenated alkanes) is 11. The monoisotopic (exact) mass is 518 g/mol. The number of allylic oxidation sites excluding steroid dienone is 2. The summed E-state index contributed by atoms with van der Waals surface area (Å²) in [4.78, 5) is 23.5. The molecular formula is C26H51N2O6P. The van der Waals surface area contributed by atoms with Crippen LogP contribution in [-0.2, 0) is 27.9 Å². The fourth-order valence-electron chi connectivity index (χ4n) is 3.44. The number of rotatable bonds is 25. The summed E-state index contributed by atoms with van der Waals surface area (Å²) in [5.41, 5.74) is 0. The van der Waals surface area contributed by atoms with Gasteiger partial charge in [0.1, 0.15) is 6.04 Å². The maximum absolute atomic E-state index is 12.0. The van der Waals surface area contributed by atoms with Crippen molar-refractivity contribution in [1.82, 2.24) is 10.6 Å². The molecule has 0 aromatic rings. The highest BCUT2D eigenvalue weighted by Gasteiger charge is 2.20. The van der Waals surface area contributed by atoms with Gasteiger partial charge in [0.15, 0.2) is 0 Å². The molecule has 8 nitrogen and oxygen atoms in total. The van der Waals surface area contributed by atoms with Gasteiger partial charge < -0.3 is 28.9 Å². The summed E-state index contributed by atoms with van der Waals surface area (Å²) in [6, 6.07) is -0.588. The number of ether oxygens (including phenoxy) is 1. The van der Waals surface area contributed by atoms with Crippen LogP contribution in [0.3, 0.4) is 0 Å². The van der Waals surface area contributed by atoms with Gasteiger partial charge in [-0.15, -0.1) is 0 Å². The number of amides is 1. The molecule has 0 radical (unpaired) electrons. The normalized spacial score (nSPS) is 13.1. The van der Waals surface area contributed by atoms with Crippen molar-refractivity contribution in [3.63, 3.8) is 0 Å². The van der Waals surface area contributed by atoms with E-state index in [1.54, 1.807) is 7.05 Å². The number of hydrogen-bond donors (Lipinski definition) is 2. The Bertz CT molecular complexity index is 536. The Morgan fingerprint density at radius 2 is 1.46 bits per heavy atom. The van der Waals surface area contributed by atoms with Crippen LogP contribution in [0.15, 0.2) is 12.2 Å². The molecule has 206 valence electrons. The highest BCUT2D eigenvalue weighted by atomic mass is 31.2. The van der Waals surface area contributed by atoms with E-state index in [9.17, 15) is 9.59 Å². The van der Waals surface area contributed by atoms with Gasteiger partial charge in [0.05, 0.1) is 20.3 Å². The Balaban J connectivity index is 3.57. The predicted molar refractivity (Wildman–Crippen MR) is 143 cm³/mol. The van der Waals surface area contributed by atoms with Crippen LogP contribution in [0.2, 0.25) is 0 Å². The first-order valence-electron chi connectivity index (χ1n) is 13.4. The molecule has 0 aliphatic carbocycles. The molecule has 0 aromatic carbocycles. The number of esters is 1. The largest absolute Gasteiger partial charge is 0.468 e. The molecule has 0 bridgehead atoms. The quantitative estimate of drug-likeness (QED) is 0.0682. The minimum absolute atomic E-state index is 0.0369. The standard InChI is InChI=1S/C26H51N2O6P/c1-5-6-7-8-9-10-11-12-13-14-15-16-17-18-19-20-25(29)28-21-22-33-35(32-4)34-23-24(27-2)26(30)31-3/h12-13,24,27H,5-11,14-23H2,1-4H3,(H,28,29)/b13-12-. The molecule has 0 saturated heterocycles. The Morgan fingerprint density at radius 3 is 2.03 bits per heavy atom. The van der Waals surface area contributed by atoms with E-state index in [0.29, 0.717) is 13.0 Å². The topological polar surface area (TPSA) is 95.1 Å². The highest BCUT2D eigenvalue weighted by Crippen LogP contribution is 2.38. The van der Waals surface area contributed by atoms with Crippen LogP contribution in [0.25, 0.3) is 0 Å². The van der Waals surface area contributed by atoms with E-state index in [2.05, 4.69) is 34.4 Å². The van der Waals surface area contributed by atoms with Crippen molar-refractivity contribution in [2.24, 2.45) is 0 Å². The second-order valence-corrected chi connectivity index (χ2v) is 9.91. The van der Waals surface area contributed by atoms with E-state index in [1.165, 1.54) is 84.8 Å². The SMILES string of the molecule is CCCCCCCC/C=C\CCCCCCCC(=O)NCCOP(OC)OCC(NC)C(=O)OC. The predicted octanol–water partition coefficient (Wildman–Crippen LogP) is 5.81. The molecular weight excluding hydrogens is 467 g/mol. The molecule has 1 amide bonds. The molecule has 0 rings (SSSR count). The second kappa shape index (κ2) is 26.0. The molecule has 0 saturated carbocycles. The van der Waals surface area contributed by atoms with E-state index < -0.39 is 20.6 Å². The first-order valence-corrected chi connectivity index (χ1v) is 14.4. The van der Waals surface area contributed by atoms with Crippen LogP contribution in [0.1, 0.15) is 96.8 Å². The summed E-state index contributed by atoms with van der Waals surface area (Å²) in [5, 5.41) is 5.66. The van der Waals surface area contributed by atoms with Gasteiger partial charge in [0.2, 0.25) is 5.91 Å². The van der Waals surface area contributed by atoms with Crippen molar-refractivity contribution >= 4 is 20.5 Å². The van der Waals surface area contributed by atoms with Crippen molar-refractivity contribution in [2.45, 2.75) is 103 Å². The summed E-state index contributed by atoms with van der Waals surface area (Å²) < 4.78 is 20.8. The van der Waals surface area contributed by atoms with E-state index >= 15 is 0 Å². The maximum Gasteiger partial charge on any atom is 0.332 e. The molecule has 2 unspecified atom stereocenters. The summed E-state index contributed by atoms with van der Waals surface area (Å²) in [6.07, 6.45) is 21.4. The number of hydrogen-bond acceptors (Lipinski definition) is 7. The van der Waals surface area contributed by atoms with Gasteiger partial charge >= 0.3 is 14.6 Å². The summed E-state index contributed by atoms with van der Waals surface area (Å²) in [5.74, 6) is -0.378. The van der Waals surface area contributed by atoms with Crippen LogP contribution in [-0.4, -0.2) is 58.9 Å². The highest BCUT2D eigenvalue weighted by molar-refractivity contribution is 7.41. The molecule has 9 heteroatoms. The lowest BCUT2D eigenvalue weighted by Gasteiger charge is -2.18. The van der Waals surface area contributed by atoms with Crippen LogP contribution in [0, 0.1) is 0 Å². The van der Waals surface area contributed by atoms with Gasteiger partial charge in [0.25, 0.3) is 0 Å². The van der Waals surface area contributed by atoms with E-state index in [4.69, 9.17) is 13.6 Å². The number of carbonyl (C=O) groups excluding carboxylic acids is 2. The first kappa shape index (κ1) is 34.0. The third-order valence-corrected chi connectivity index (χ3v) is 6.67. The lowest BCUT2D eigenvalue weighted by atomic mass is 10.1. The molecule has 0 spiro atoms. The third kappa shape index (κ3) is 21.9. The Kier molecular flexibility index (Phi) is 25.2. The zero-order valence-corrected chi connectivity index (χ0v) is 23.5. The van der Waals surface area contributed by atoms with Crippen molar-refractivity contribution in [3.8, 4) is 0 Å². The lowest BCUT2D eigenvalue weighted by molar-refractivity contribution is -0.143. The number of methoxy groups -OCH3 is 1. The molecule has 0 aliphatic rings. The van der Waals surface area contributed by atoms with Gasteiger partial charge in [-0.3, -0.25) is 9.59 Å². The minimum Gasteiger partial charge on any atom is -0.468 e. The van der Waals surface area contributed by atoms with Crippen LogP contribution >= 0.6 is 8.60 Å². The van der Waals surface area contributed by atoms with Crippen molar-refractivity contribution in [1.29, 1.82) is 0 Å². The molecule has 0 aliphatic heterocycles. The Morgan fingerprint density at radius 1 is 0.857 bits per heavy atom. The first-order chi connectivity index (χ1) is 17.1. The maximum atomic E-state index is 12.0. The van der Waals surface area contributed by atoms with Crippen molar-refractivity contribution < 1.29 is 27.9 Å². The smallest absolute Gasteiger partial charge is 0.332 e. The molecule has 2 atom stereocenters. The Hall–Kier alpha value is -1.05. The summed E-state index contributed by atoms with van der Waals surface area (Å²) in [6.45, 7) is 3.00. The second-order valence-electron chi connectivity index (χ2n) is 8.58. The van der Waals surface area contributed by atoms with Crippen molar-refractivity contribution in [3.05, 3.63) is 12.2 Å². The summed E-state index contributed by atoms with van der Waals surface area (Å²) >= 11 is 0. The van der Waals surface area contributed by atoms with Gasteiger partial charge in [-0.1, -0.05) is 70.4 Å². The zero-order chi connectivity index (χ0) is 26.0. The van der Waals surface area contributed by atoms with Gasteiger partial charge in [-0.2, -0.15) is 0 Å². The molecule has 0 heterocycles. The average molecular weight is 519 g/mol. The van der Waals surface area contributed by atoms with E-state index in [1.807, 2.05) is 0 Å². The van der Waals surface area contributed by atoms with Crippen LogP contribution in [0.5, 0.6) is 0 Å². The lowest BCUT2D eigenvalue weighted by Crippen LogP contribution is -2.38. The average Bonchev–Trinajstić information content (AvgIpc) is 2.87.